The molecule has 0 unspecified atom stereocenters. The normalized spacial score (nSPS) is 23.5. The van der Waals surface area contributed by atoms with Gasteiger partial charge in [0.25, 0.3) is 0 Å². The maximum absolute atomic E-state index is 11.9. The summed E-state index contributed by atoms with van der Waals surface area (Å²) in [5.74, 6) is -2.50. The minimum Gasteiger partial charge on any atom is -0.463 e. The van der Waals surface area contributed by atoms with E-state index in [1.807, 2.05) is 0 Å². The lowest BCUT2D eigenvalue weighted by Crippen LogP contribution is -2.63. The van der Waals surface area contributed by atoms with Gasteiger partial charge in [-0.05, 0) is 6.04 Å². The van der Waals surface area contributed by atoms with Crippen molar-refractivity contribution in [3.8, 4) is 0 Å². The third-order valence-electron chi connectivity index (χ3n) is 5.98. The monoisotopic (exact) mass is 546 g/mol. The predicted molar refractivity (Wildman–Crippen MR) is 138 cm³/mol. The van der Waals surface area contributed by atoms with Crippen molar-refractivity contribution < 1.29 is 47.3 Å². The first-order valence-electron chi connectivity index (χ1n) is 13.6. The lowest BCUT2D eigenvalue weighted by atomic mass is 9.98. The number of hydrogen-bond donors (Lipinski definition) is 0. The van der Waals surface area contributed by atoms with Crippen LogP contribution in [0.3, 0.4) is 0 Å². The summed E-state index contributed by atoms with van der Waals surface area (Å²) in [5, 5.41) is 0. The van der Waals surface area contributed by atoms with E-state index in [1.165, 1.54) is 79.1 Å². The second-order valence-electron chi connectivity index (χ2n) is 9.47. The SMILES string of the molecule is CCCCCCCCCCCC[SiH2]O[C@@H]1O[C@H](COC(C)=O)[C@@H](OC(C)=O)[C@H](OC(C)=O)[C@H]1OC(C)=O. The first-order valence-corrected chi connectivity index (χ1v) is 15.2. The first kappa shape index (κ1) is 33.0. The minimum atomic E-state index is -1.18. The van der Waals surface area contributed by atoms with Gasteiger partial charge in [0.05, 0.1) is 0 Å². The van der Waals surface area contributed by atoms with Crippen LogP contribution in [0, 0.1) is 0 Å². The summed E-state index contributed by atoms with van der Waals surface area (Å²) in [7, 11) is -1.07. The van der Waals surface area contributed by atoms with Crippen molar-refractivity contribution >= 4 is 33.6 Å². The summed E-state index contributed by atoms with van der Waals surface area (Å²) in [5.41, 5.74) is 0. The predicted octanol–water partition coefficient (Wildman–Crippen LogP) is 3.51. The highest BCUT2D eigenvalue weighted by atomic mass is 28.2. The van der Waals surface area contributed by atoms with Crippen molar-refractivity contribution in [3.63, 3.8) is 0 Å². The number of hydrogen-bond acceptors (Lipinski definition) is 10. The van der Waals surface area contributed by atoms with E-state index in [0.29, 0.717) is 0 Å². The van der Waals surface area contributed by atoms with E-state index in [-0.39, 0.29) is 6.61 Å². The molecule has 11 heteroatoms. The van der Waals surface area contributed by atoms with Crippen molar-refractivity contribution in [2.24, 2.45) is 0 Å². The molecule has 0 aromatic rings. The van der Waals surface area contributed by atoms with Crippen LogP contribution in [0.5, 0.6) is 0 Å². The maximum Gasteiger partial charge on any atom is 0.303 e. The number of ether oxygens (including phenoxy) is 5. The van der Waals surface area contributed by atoms with Crippen molar-refractivity contribution in [2.45, 2.75) is 136 Å². The molecule has 0 aromatic heterocycles. The first-order chi connectivity index (χ1) is 17.6. The van der Waals surface area contributed by atoms with E-state index < -0.39 is 64.3 Å². The van der Waals surface area contributed by atoms with Gasteiger partial charge in [0.1, 0.15) is 12.7 Å². The molecule has 1 aliphatic rings. The highest BCUT2D eigenvalue weighted by Gasteiger charge is 2.52. The molecule has 0 N–H and O–H groups in total. The number of carbonyl (C=O) groups excluding carboxylic acids is 4. The molecule has 0 amide bonds. The minimum absolute atomic E-state index is 0.252. The van der Waals surface area contributed by atoms with Gasteiger partial charge in [0, 0.05) is 27.7 Å². The Morgan fingerprint density at radius 2 is 1.14 bits per heavy atom. The fraction of sp³-hybridized carbons (Fsp3) is 0.846. The Hall–Kier alpha value is -1.98. The molecule has 0 spiro atoms. The summed E-state index contributed by atoms with van der Waals surface area (Å²) >= 11 is 0. The Labute approximate surface area is 223 Å². The van der Waals surface area contributed by atoms with Crippen LogP contribution < -0.4 is 0 Å². The lowest BCUT2D eigenvalue weighted by molar-refractivity contribution is -0.289. The van der Waals surface area contributed by atoms with Crippen molar-refractivity contribution in [3.05, 3.63) is 0 Å². The summed E-state index contributed by atoms with van der Waals surface area (Å²) in [6.45, 7) is 6.82. The van der Waals surface area contributed by atoms with Crippen LogP contribution in [0.1, 0.15) is 98.8 Å². The van der Waals surface area contributed by atoms with E-state index in [1.54, 1.807) is 0 Å². The summed E-state index contributed by atoms with van der Waals surface area (Å²) in [4.78, 5) is 46.9. The average molecular weight is 547 g/mol. The molecule has 0 radical (unpaired) electrons. The molecular weight excluding hydrogens is 500 g/mol. The van der Waals surface area contributed by atoms with Gasteiger partial charge in [-0.15, -0.1) is 0 Å². The van der Waals surface area contributed by atoms with Crippen LogP contribution in [0.25, 0.3) is 0 Å². The van der Waals surface area contributed by atoms with Crippen LogP contribution in [0.15, 0.2) is 0 Å². The zero-order valence-corrected chi connectivity index (χ0v) is 24.6. The Kier molecular flexibility index (Phi) is 17.1. The third-order valence-corrected chi connectivity index (χ3v) is 7.33. The number of esters is 4. The Bertz CT molecular complexity index is 701. The van der Waals surface area contributed by atoms with Crippen LogP contribution in [-0.2, 0) is 47.3 Å². The highest BCUT2D eigenvalue weighted by Crippen LogP contribution is 2.30. The molecule has 1 fully saturated rings. The summed E-state index contributed by atoms with van der Waals surface area (Å²) in [6.07, 6.45) is 6.94. The second-order valence-corrected chi connectivity index (χ2v) is 10.9. The smallest absolute Gasteiger partial charge is 0.303 e. The van der Waals surface area contributed by atoms with Gasteiger partial charge in [-0.1, -0.05) is 71.1 Å². The summed E-state index contributed by atoms with van der Waals surface area (Å²) < 4.78 is 33.3. The lowest BCUT2D eigenvalue weighted by Gasteiger charge is -2.44. The van der Waals surface area contributed by atoms with E-state index in [2.05, 4.69) is 6.92 Å². The van der Waals surface area contributed by atoms with Crippen LogP contribution in [0.4, 0.5) is 0 Å². The molecule has 0 saturated carbocycles. The quantitative estimate of drug-likeness (QED) is 0.109. The van der Waals surface area contributed by atoms with Gasteiger partial charge < -0.3 is 28.1 Å². The zero-order valence-electron chi connectivity index (χ0n) is 23.2. The largest absolute Gasteiger partial charge is 0.463 e. The van der Waals surface area contributed by atoms with Crippen molar-refractivity contribution in [2.75, 3.05) is 6.61 Å². The third kappa shape index (κ3) is 14.5. The van der Waals surface area contributed by atoms with Crippen LogP contribution in [0.2, 0.25) is 6.04 Å². The molecule has 1 aliphatic heterocycles. The molecular formula is C26H46O10Si. The molecule has 37 heavy (non-hydrogen) atoms. The molecule has 1 rings (SSSR count). The van der Waals surface area contributed by atoms with Gasteiger partial charge in [-0.25, -0.2) is 0 Å². The van der Waals surface area contributed by atoms with E-state index in [4.69, 9.17) is 28.1 Å². The summed E-state index contributed by atoms with van der Waals surface area (Å²) in [6, 6.07) is 0.906. The molecule has 1 heterocycles. The molecule has 10 nitrogen and oxygen atoms in total. The Morgan fingerprint density at radius 3 is 1.65 bits per heavy atom. The molecule has 0 bridgehead atoms. The van der Waals surface area contributed by atoms with E-state index in [9.17, 15) is 19.2 Å². The van der Waals surface area contributed by atoms with Gasteiger partial charge >= 0.3 is 23.9 Å². The Morgan fingerprint density at radius 1 is 0.649 bits per heavy atom. The highest BCUT2D eigenvalue weighted by molar-refractivity contribution is 6.27. The van der Waals surface area contributed by atoms with Gasteiger partial charge in [-0.2, -0.15) is 0 Å². The fourth-order valence-corrected chi connectivity index (χ4v) is 5.51. The standard InChI is InChI=1S/C26H46O10Si/c1-6-7-8-9-10-11-12-13-14-15-16-37-36-26-25(34-21(5)30)24(33-20(4)29)23(32-19(3)28)22(35-26)17-31-18(2)27/h22-26H,6-17,37H2,1-5H3/t22-,23-,24+,25-,26+/m1/s1. The topological polar surface area (TPSA) is 124 Å². The van der Waals surface area contributed by atoms with Gasteiger partial charge in [0.15, 0.2) is 34.4 Å². The second kappa shape index (κ2) is 19.1. The van der Waals surface area contributed by atoms with Crippen LogP contribution in [-0.4, -0.2) is 71.0 Å². The molecule has 214 valence electrons. The average Bonchev–Trinajstić information content (AvgIpc) is 2.81. The molecule has 1 saturated heterocycles. The fourth-order valence-electron chi connectivity index (χ4n) is 4.29. The molecule has 0 aromatic carbocycles. The number of unbranched alkanes of at least 4 members (excludes halogenated alkanes) is 9. The van der Waals surface area contributed by atoms with Crippen LogP contribution >= 0.6 is 0 Å². The van der Waals surface area contributed by atoms with E-state index >= 15 is 0 Å². The van der Waals surface area contributed by atoms with Gasteiger partial charge in [-0.3, -0.25) is 19.2 Å². The van der Waals surface area contributed by atoms with E-state index in [0.717, 1.165) is 18.9 Å². The zero-order chi connectivity index (χ0) is 27.6. The van der Waals surface area contributed by atoms with Crippen molar-refractivity contribution in [1.29, 1.82) is 0 Å². The Balaban J connectivity index is 2.71. The number of carbonyl (C=O) groups is 4. The van der Waals surface area contributed by atoms with Crippen molar-refractivity contribution in [1.82, 2.24) is 0 Å². The number of rotatable bonds is 18. The molecule has 0 aliphatic carbocycles. The maximum atomic E-state index is 11.9. The van der Waals surface area contributed by atoms with Gasteiger partial charge in [0.2, 0.25) is 0 Å². The molecule has 5 atom stereocenters.